The van der Waals surface area contributed by atoms with Gasteiger partial charge in [-0.15, -0.1) is 0 Å². The average Bonchev–Trinajstić information content (AvgIpc) is 2.79. The van der Waals surface area contributed by atoms with Gasteiger partial charge in [0.25, 0.3) is 0 Å². The number of nitrogens with one attached hydrogen (secondary N) is 1. The Kier molecular flexibility index (Phi) is 5.14. The van der Waals surface area contributed by atoms with E-state index in [9.17, 15) is 4.79 Å². The molecular weight excluding hydrogens is 410 g/mol. The van der Waals surface area contributed by atoms with E-state index in [1.54, 1.807) is 12.1 Å². The topological polar surface area (TPSA) is 51.2 Å². The van der Waals surface area contributed by atoms with Gasteiger partial charge in [0.2, 0.25) is 0 Å². The maximum absolute atomic E-state index is 11.4. The van der Waals surface area contributed by atoms with Gasteiger partial charge in [0.15, 0.2) is 15.2 Å². The lowest BCUT2D eigenvalue weighted by molar-refractivity contribution is 0.0606. The van der Waals surface area contributed by atoms with Crippen molar-refractivity contribution in [2.45, 2.75) is 0 Å². The van der Waals surface area contributed by atoms with Crippen LogP contribution in [0.1, 0.15) is 9.67 Å². The van der Waals surface area contributed by atoms with Crippen LogP contribution in [0.15, 0.2) is 16.6 Å². The molecule has 1 heterocycles. The number of benzene rings is 1. The number of carbonyl (C=O) groups is 1. The molecule has 20 heavy (non-hydrogen) atoms. The van der Waals surface area contributed by atoms with Crippen molar-refractivity contribution in [1.82, 2.24) is 4.98 Å². The second-order valence-corrected chi connectivity index (χ2v) is 6.45. The van der Waals surface area contributed by atoms with Crippen molar-refractivity contribution in [3.63, 3.8) is 0 Å². The zero-order valence-electron chi connectivity index (χ0n) is 9.84. The molecule has 0 atom stereocenters. The molecule has 1 N–H and O–H groups in total. The molecule has 0 fully saturated rings. The van der Waals surface area contributed by atoms with E-state index in [-0.39, 0.29) is 10.0 Å². The molecule has 0 bridgehead atoms. The van der Waals surface area contributed by atoms with Gasteiger partial charge in [0.1, 0.15) is 0 Å². The number of anilines is 2. The summed E-state index contributed by atoms with van der Waals surface area (Å²) in [6, 6.07) is 3.47. The van der Waals surface area contributed by atoms with Gasteiger partial charge in [0.05, 0.1) is 22.8 Å². The number of rotatable bonds is 3. The molecule has 2 rings (SSSR count). The molecule has 0 spiro atoms. The molecule has 2 aromatic rings. The van der Waals surface area contributed by atoms with Gasteiger partial charge in [-0.3, -0.25) is 0 Å². The van der Waals surface area contributed by atoms with Crippen LogP contribution in [0.4, 0.5) is 10.8 Å². The Balaban J connectivity index is 2.32. The number of esters is 1. The fraction of sp³-hybridized carbons (Fsp3) is 0.0909. The Labute approximate surface area is 142 Å². The monoisotopic (exact) mass is 414 g/mol. The summed E-state index contributed by atoms with van der Waals surface area (Å²) < 4.78 is 5.29. The molecule has 0 aliphatic rings. The number of thiazole rings is 1. The first-order valence-corrected chi connectivity index (χ1v) is 7.83. The Morgan fingerprint density at radius 2 is 2.05 bits per heavy atom. The maximum Gasteiger partial charge on any atom is 0.351 e. The minimum absolute atomic E-state index is 0.0729. The molecule has 0 aliphatic carbocycles. The summed E-state index contributed by atoms with van der Waals surface area (Å²) >= 11 is 22.3. The van der Waals surface area contributed by atoms with Crippen LogP contribution in [0.5, 0.6) is 0 Å². The van der Waals surface area contributed by atoms with Crippen molar-refractivity contribution in [2.24, 2.45) is 0 Å². The van der Waals surface area contributed by atoms with E-state index in [0.717, 1.165) is 11.3 Å². The first-order valence-electron chi connectivity index (χ1n) is 5.09. The third-order valence-electron chi connectivity index (χ3n) is 2.23. The predicted octanol–water partition coefficient (Wildman–Crippen LogP) is 5.40. The first kappa shape index (κ1) is 15.9. The van der Waals surface area contributed by atoms with Gasteiger partial charge in [-0.05, 0) is 28.1 Å². The summed E-state index contributed by atoms with van der Waals surface area (Å²) in [5.74, 6) is -0.541. The van der Waals surface area contributed by atoms with E-state index in [1.807, 2.05) is 0 Å². The Hall–Kier alpha value is -0.530. The van der Waals surface area contributed by atoms with Crippen molar-refractivity contribution in [3.8, 4) is 0 Å². The van der Waals surface area contributed by atoms with Gasteiger partial charge >= 0.3 is 5.97 Å². The standard InChI is InChI=1S/C11H6BrCl3N2O2S/c1-19-10(18)8-9(15)17-11(20-8)16-5-3-2-4(12)6(13)7(5)14/h2-3H,1H3,(H,16,17). The molecule has 1 aromatic carbocycles. The van der Waals surface area contributed by atoms with Crippen LogP contribution in [0.25, 0.3) is 0 Å². The van der Waals surface area contributed by atoms with E-state index in [4.69, 9.17) is 34.8 Å². The van der Waals surface area contributed by atoms with Crippen LogP contribution in [-0.4, -0.2) is 18.1 Å². The van der Waals surface area contributed by atoms with E-state index in [0.29, 0.717) is 25.3 Å². The molecule has 106 valence electrons. The summed E-state index contributed by atoms with van der Waals surface area (Å²) in [6.07, 6.45) is 0. The molecule has 0 saturated heterocycles. The van der Waals surface area contributed by atoms with E-state index < -0.39 is 5.97 Å². The van der Waals surface area contributed by atoms with Gasteiger partial charge in [-0.25, -0.2) is 9.78 Å². The van der Waals surface area contributed by atoms with Crippen LogP contribution in [0, 0.1) is 0 Å². The molecule has 1 aromatic heterocycles. The summed E-state index contributed by atoms with van der Waals surface area (Å²) in [7, 11) is 1.27. The van der Waals surface area contributed by atoms with Gasteiger partial charge in [-0.1, -0.05) is 46.1 Å². The normalized spacial score (nSPS) is 10.4. The predicted molar refractivity (Wildman–Crippen MR) is 85.9 cm³/mol. The van der Waals surface area contributed by atoms with Crippen molar-refractivity contribution >= 4 is 78.9 Å². The molecule has 0 unspecified atom stereocenters. The number of aromatic nitrogens is 1. The highest BCUT2D eigenvalue weighted by atomic mass is 79.9. The number of ether oxygens (including phenoxy) is 1. The molecule has 9 heteroatoms. The number of hydrogen-bond acceptors (Lipinski definition) is 5. The molecule has 0 saturated carbocycles. The maximum atomic E-state index is 11.4. The zero-order valence-corrected chi connectivity index (χ0v) is 14.5. The minimum atomic E-state index is -0.541. The number of methoxy groups -OCH3 is 1. The summed E-state index contributed by atoms with van der Waals surface area (Å²) in [6.45, 7) is 0. The minimum Gasteiger partial charge on any atom is -0.465 e. The lowest BCUT2D eigenvalue weighted by atomic mass is 10.3. The van der Waals surface area contributed by atoms with Crippen LogP contribution in [-0.2, 0) is 4.74 Å². The van der Waals surface area contributed by atoms with Gasteiger partial charge < -0.3 is 10.1 Å². The van der Waals surface area contributed by atoms with E-state index >= 15 is 0 Å². The number of nitrogens with zero attached hydrogens (tertiary/aromatic N) is 1. The Morgan fingerprint density at radius 3 is 2.70 bits per heavy atom. The molecule has 0 radical (unpaired) electrons. The number of hydrogen-bond donors (Lipinski definition) is 1. The van der Waals surface area contributed by atoms with Gasteiger partial charge in [0, 0.05) is 4.47 Å². The quantitative estimate of drug-likeness (QED) is 0.538. The number of carbonyl (C=O) groups excluding carboxylic acids is 1. The first-order chi connectivity index (χ1) is 9.43. The fourth-order valence-corrected chi connectivity index (χ4v) is 3.25. The average molecular weight is 417 g/mol. The van der Waals surface area contributed by atoms with E-state index in [1.165, 1.54) is 7.11 Å². The van der Waals surface area contributed by atoms with E-state index in [2.05, 4.69) is 31.0 Å². The fourth-order valence-electron chi connectivity index (χ4n) is 1.31. The SMILES string of the molecule is COC(=O)c1sc(Nc2ccc(Br)c(Cl)c2Cl)nc1Cl. The van der Waals surface area contributed by atoms with Crippen molar-refractivity contribution in [2.75, 3.05) is 12.4 Å². The van der Waals surface area contributed by atoms with Crippen LogP contribution >= 0.6 is 62.1 Å². The number of halogens is 4. The second-order valence-electron chi connectivity index (χ2n) is 3.48. The lowest BCUT2D eigenvalue weighted by Gasteiger charge is -2.07. The third-order valence-corrected chi connectivity index (χ3v) is 5.34. The highest BCUT2D eigenvalue weighted by Gasteiger charge is 2.18. The molecule has 4 nitrogen and oxygen atoms in total. The van der Waals surface area contributed by atoms with Gasteiger partial charge in [-0.2, -0.15) is 0 Å². The Morgan fingerprint density at radius 1 is 1.35 bits per heavy atom. The smallest absolute Gasteiger partial charge is 0.351 e. The summed E-state index contributed by atoms with van der Waals surface area (Å²) in [5, 5.41) is 4.17. The highest BCUT2D eigenvalue weighted by Crippen LogP contribution is 2.38. The largest absolute Gasteiger partial charge is 0.465 e. The van der Waals surface area contributed by atoms with Crippen LogP contribution in [0.2, 0.25) is 15.2 Å². The molecule has 0 aliphatic heterocycles. The molecular formula is C11H6BrCl3N2O2S. The van der Waals surface area contributed by atoms with Crippen molar-refractivity contribution < 1.29 is 9.53 Å². The third kappa shape index (κ3) is 3.20. The van der Waals surface area contributed by atoms with Crippen LogP contribution in [0.3, 0.4) is 0 Å². The molecule has 0 amide bonds. The second kappa shape index (κ2) is 6.49. The highest BCUT2D eigenvalue weighted by molar-refractivity contribution is 9.10. The van der Waals surface area contributed by atoms with Crippen LogP contribution < -0.4 is 5.32 Å². The summed E-state index contributed by atoms with van der Waals surface area (Å²) in [4.78, 5) is 15.7. The summed E-state index contributed by atoms with van der Waals surface area (Å²) in [5.41, 5.74) is 0.557. The Bertz CT molecular complexity index is 678. The zero-order chi connectivity index (χ0) is 14.9. The lowest BCUT2D eigenvalue weighted by Crippen LogP contribution is -1.98. The van der Waals surface area contributed by atoms with Crippen molar-refractivity contribution in [3.05, 3.63) is 36.7 Å². The van der Waals surface area contributed by atoms with Crippen molar-refractivity contribution in [1.29, 1.82) is 0 Å².